The van der Waals surface area contributed by atoms with Gasteiger partial charge in [0, 0.05) is 12.6 Å². The van der Waals surface area contributed by atoms with Crippen LogP contribution in [0.25, 0.3) is 0 Å². The molecule has 2 heteroatoms. The summed E-state index contributed by atoms with van der Waals surface area (Å²) >= 11 is 0. The maximum atomic E-state index is 6.04. The lowest BCUT2D eigenvalue weighted by atomic mass is 9.92. The third-order valence-corrected chi connectivity index (χ3v) is 3.12. The van der Waals surface area contributed by atoms with E-state index in [1.165, 1.54) is 6.42 Å². The molecule has 1 N–H and O–H groups in total. The van der Waals surface area contributed by atoms with Crippen LogP contribution in [0, 0.1) is 17.8 Å². The van der Waals surface area contributed by atoms with Crippen molar-refractivity contribution in [1.29, 1.82) is 0 Å². The van der Waals surface area contributed by atoms with Gasteiger partial charge in [-0.3, -0.25) is 0 Å². The first-order chi connectivity index (χ1) is 7.00. The molecule has 3 unspecified atom stereocenters. The fourth-order valence-electron chi connectivity index (χ4n) is 2.26. The molecule has 1 saturated heterocycles. The standard InChI is InChI=1S/C13H27NO/c1-9(2)6-12-13(10(3)4)14-7-11(5)8-15-12/h9-14H,6-8H2,1-5H3. The van der Waals surface area contributed by atoms with E-state index in [9.17, 15) is 0 Å². The number of rotatable bonds is 3. The lowest BCUT2D eigenvalue weighted by Crippen LogP contribution is -2.44. The molecule has 1 aliphatic heterocycles. The summed E-state index contributed by atoms with van der Waals surface area (Å²) in [5.74, 6) is 2.01. The fourth-order valence-corrected chi connectivity index (χ4v) is 2.26. The summed E-state index contributed by atoms with van der Waals surface area (Å²) in [7, 11) is 0. The van der Waals surface area contributed by atoms with E-state index in [0.29, 0.717) is 29.9 Å². The van der Waals surface area contributed by atoms with Crippen LogP contribution in [-0.2, 0) is 4.74 Å². The van der Waals surface area contributed by atoms with Crippen molar-refractivity contribution in [3.05, 3.63) is 0 Å². The minimum Gasteiger partial charge on any atom is -0.376 e. The van der Waals surface area contributed by atoms with Crippen LogP contribution < -0.4 is 5.32 Å². The van der Waals surface area contributed by atoms with Gasteiger partial charge in [-0.1, -0.05) is 34.6 Å². The second-order valence-electron chi connectivity index (χ2n) is 5.78. The van der Waals surface area contributed by atoms with Gasteiger partial charge in [-0.05, 0) is 24.2 Å². The number of hydrogen-bond acceptors (Lipinski definition) is 2. The molecule has 0 aromatic rings. The molecule has 0 amide bonds. The Kier molecular flexibility index (Phi) is 5.07. The zero-order valence-corrected chi connectivity index (χ0v) is 10.9. The average molecular weight is 213 g/mol. The summed E-state index contributed by atoms with van der Waals surface area (Å²) in [4.78, 5) is 0. The maximum absolute atomic E-state index is 6.04. The molecule has 3 atom stereocenters. The maximum Gasteiger partial charge on any atom is 0.0733 e. The van der Waals surface area contributed by atoms with Crippen LogP contribution in [0.3, 0.4) is 0 Å². The molecule has 2 nitrogen and oxygen atoms in total. The Morgan fingerprint density at radius 3 is 2.47 bits per heavy atom. The largest absolute Gasteiger partial charge is 0.376 e. The number of ether oxygens (including phenoxy) is 1. The van der Waals surface area contributed by atoms with Crippen LogP contribution in [0.1, 0.15) is 41.0 Å². The molecular weight excluding hydrogens is 186 g/mol. The molecule has 1 aliphatic rings. The lowest BCUT2D eigenvalue weighted by molar-refractivity contribution is 0.00892. The van der Waals surface area contributed by atoms with Gasteiger partial charge in [0.25, 0.3) is 0 Å². The molecule has 0 aromatic carbocycles. The summed E-state index contributed by atoms with van der Waals surface area (Å²) in [6.45, 7) is 13.4. The van der Waals surface area contributed by atoms with Gasteiger partial charge in [-0.25, -0.2) is 0 Å². The molecule has 0 aliphatic carbocycles. The topological polar surface area (TPSA) is 21.3 Å². The van der Waals surface area contributed by atoms with Crippen LogP contribution in [0.4, 0.5) is 0 Å². The van der Waals surface area contributed by atoms with Gasteiger partial charge in [0.1, 0.15) is 0 Å². The van der Waals surface area contributed by atoms with Crippen molar-refractivity contribution in [3.63, 3.8) is 0 Å². The fraction of sp³-hybridized carbons (Fsp3) is 1.00. The predicted octanol–water partition coefficient (Wildman–Crippen LogP) is 2.68. The quantitative estimate of drug-likeness (QED) is 0.778. The molecule has 0 radical (unpaired) electrons. The van der Waals surface area contributed by atoms with E-state index >= 15 is 0 Å². The lowest BCUT2D eigenvalue weighted by Gasteiger charge is -2.29. The van der Waals surface area contributed by atoms with Crippen molar-refractivity contribution < 1.29 is 4.74 Å². The van der Waals surface area contributed by atoms with Crippen molar-refractivity contribution in [2.75, 3.05) is 13.2 Å². The smallest absolute Gasteiger partial charge is 0.0733 e. The Labute approximate surface area is 94.8 Å². The van der Waals surface area contributed by atoms with Crippen molar-refractivity contribution in [1.82, 2.24) is 5.32 Å². The Bertz CT molecular complexity index is 179. The van der Waals surface area contributed by atoms with Crippen molar-refractivity contribution in [2.45, 2.75) is 53.2 Å². The first-order valence-electron chi connectivity index (χ1n) is 6.35. The van der Waals surface area contributed by atoms with Crippen LogP contribution in [0.15, 0.2) is 0 Å². The van der Waals surface area contributed by atoms with Gasteiger partial charge in [-0.2, -0.15) is 0 Å². The van der Waals surface area contributed by atoms with E-state index in [4.69, 9.17) is 4.74 Å². The van der Waals surface area contributed by atoms with E-state index in [0.717, 1.165) is 13.2 Å². The predicted molar refractivity (Wildman–Crippen MR) is 65.0 cm³/mol. The number of hydrogen-bond donors (Lipinski definition) is 1. The summed E-state index contributed by atoms with van der Waals surface area (Å²) in [5, 5.41) is 3.66. The second-order valence-corrected chi connectivity index (χ2v) is 5.78. The van der Waals surface area contributed by atoms with E-state index in [1.807, 2.05) is 0 Å². The molecule has 0 spiro atoms. The Morgan fingerprint density at radius 2 is 1.93 bits per heavy atom. The summed E-state index contributed by atoms with van der Waals surface area (Å²) in [6.07, 6.45) is 1.57. The van der Waals surface area contributed by atoms with E-state index in [-0.39, 0.29) is 0 Å². The van der Waals surface area contributed by atoms with Gasteiger partial charge in [0.15, 0.2) is 0 Å². The molecule has 1 rings (SSSR count). The first-order valence-corrected chi connectivity index (χ1v) is 6.35. The minimum absolute atomic E-state index is 0.398. The van der Waals surface area contributed by atoms with Gasteiger partial charge in [0.2, 0.25) is 0 Å². The molecule has 90 valence electrons. The second kappa shape index (κ2) is 5.86. The van der Waals surface area contributed by atoms with Crippen molar-refractivity contribution in [2.24, 2.45) is 17.8 Å². The summed E-state index contributed by atoms with van der Waals surface area (Å²) in [5.41, 5.74) is 0. The average Bonchev–Trinajstić information content (AvgIpc) is 2.28. The van der Waals surface area contributed by atoms with Crippen molar-refractivity contribution in [3.8, 4) is 0 Å². The SMILES string of the molecule is CC(C)CC1OCC(C)CNC1C(C)C. The molecular formula is C13H27NO. The zero-order chi connectivity index (χ0) is 11.4. The Balaban J connectivity index is 2.60. The highest BCUT2D eigenvalue weighted by Gasteiger charge is 2.28. The highest BCUT2D eigenvalue weighted by Crippen LogP contribution is 2.20. The Hall–Kier alpha value is -0.0800. The third-order valence-electron chi connectivity index (χ3n) is 3.12. The van der Waals surface area contributed by atoms with Crippen LogP contribution >= 0.6 is 0 Å². The highest BCUT2D eigenvalue weighted by atomic mass is 16.5. The van der Waals surface area contributed by atoms with Crippen LogP contribution in [0.2, 0.25) is 0 Å². The van der Waals surface area contributed by atoms with Crippen molar-refractivity contribution >= 4 is 0 Å². The normalized spacial score (nSPS) is 33.4. The van der Waals surface area contributed by atoms with Crippen LogP contribution in [0.5, 0.6) is 0 Å². The first kappa shape index (κ1) is 13.0. The molecule has 1 heterocycles. The van der Waals surface area contributed by atoms with E-state index in [2.05, 4.69) is 39.9 Å². The van der Waals surface area contributed by atoms with Gasteiger partial charge >= 0.3 is 0 Å². The molecule has 0 aromatic heterocycles. The molecule has 0 bridgehead atoms. The van der Waals surface area contributed by atoms with E-state index in [1.54, 1.807) is 0 Å². The zero-order valence-electron chi connectivity index (χ0n) is 10.9. The summed E-state index contributed by atoms with van der Waals surface area (Å²) < 4.78 is 6.04. The number of nitrogens with one attached hydrogen (secondary N) is 1. The molecule has 1 fully saturated rings. The van der Waals surface area contributed by atoms with Crippen LogP contribution in [-0.4, -0.2) is 25.3 Å². The van der Waals surface area contributed by atoms with E-state index < -0.39 is 0 Å². The molecule has 0 saturated carbocycles. The Morgan fingerprint density at radius 1 is 1.27 bits per heavy atom. The van der Waals surface area contributed by atoms with Gasteiger partial charge < -0.3 is 10.1 Å². The molecule has 15 heavy (non-hydrogen) atoms. The summed E-state index contributed by atoms with van der Waals surface area (Å²) in [6, 6.07) is 0.525. The van der Waals surface area contributed by atoms with Gasteiger partial charge in [-0.15, -0.1) is 0 Å². The third kappa shape index (κ3) is 4.12. The highest BCUT2D eigenvalue weighted by molar-refractivity contribution is 4.84. The minimum atomic E-state index is 0.398. The van der Waals surface area contributed by atoms with Gasteiger partial charge in [0.05, 0.1) is 12.7 Å². The monoisotopic (exact) mass is 213 g/mol.